The highest BCUT2D eigenvalue weighted by Gasteiger charge is 2.29. The highest BCUT2D eigenvalue weighted by molar-refractivity contribution is 6.31. The molecule has 0 radical (unpaired) electrons. The van der Waals surface area contributed by atoms with Crippen molar-refractivity contribution in [3.63, 3.8) is 0 Å². The molecule has 2 aromatic carbocycles. The molecule has 3 rings (SSSR count). The van der Waals surface area contributed by atoms with Crippen molar-refractivity contribution < 1.29 is 18.7 Å². The Hall–Kier alpha value is -2.07. The number of carbonyl (C=O) groups is 1. The molecule has 1 heterocycles. The number of methoxy groups -OCH3 is 1. The minimum atomic E-state index is -0.508. The maximum atomic E-state index is 13.1. The quantitative estimate of drug-likeness (QED) is 0.834. The van der Waals surface area contributed by atoms with Gasteiger partial charge in [0.2, 0.25) is 0 Å². The zero-order valence-electron chi connectivity index (χ0n) is 11.2. The number of Topliss-reactive ketones (excluding diaryl/α,β-unsaturated/α-hetero) is 1. The second kappa shape index (κ2) is 5.37. The first-order chi connectivity index (χ1) is 10.1. The van der Waals surface area contributed by atoms with Crippen LogP contribution in [0.2, 0.25) is 5.02 Å². The molecule has 0 saturated carbocycles. The van der Waals surface area contributed by atoms with Gasteiger partial charge in [-0.1, -0.05) is 17.7 Å². The van der Waals surface area contributed by atoms with Crippen LogP contribution < -0.4 is 9.47 Å². The van der Waals surface area contributed by atoms with Gasteiger partial charge in [0.25, 0.3) is 0 Å². The van der Waals surface area contributed by atoms with Crippen LogP contribution in [0.4, 0.5) is 4.39 Å². The van der Waals surface area contributed by atoms with E-state index in [2.05, 4.69) is 0 Å². The van der Waals surface area contributed by atoms with E-state index in [1.807, 2.05) is 0 Å². The van der Waals surface area contributed by atoms with Crippen molar-refractivity contribution in [2.75, 3.05) is 7.11 Å². The summed E-state index contributed by atoms with van der Waals surface area (Å²) < 4.78 is 24.0. The number of carbonyl (C=O) groups excluding carboxylic acids is 1. The third kappa shape index (κ3) is 2.59. The fourth-order valence-corrected chi connectivity index (χ4v) is 2.65. The van der Waals surface area contributed by atoms with Crippen molar-refractivity contribution in [1.29, 1.82) is 0 Å². The van der Waals surface area contributed by atoms with Crippen molar-refractivity contribution in [2.24, 2.45) is 0 Å². The summed E-state index contributed by atoms with van der Waals surface area (Å²) in [4.78, 5) is 12.3. The molecular formula is C16H12ClFO3. The summed E-state index contributed by atoms with van der Waals surface area (Å²) in [5.74, 6) is 0.609. The van der Waals surface area contributed by atoms with Gasteiger partial charge < -0.3 is 9.47 Å². The molecule has 21 heavy (non-hydrogen) atoms. The van der Waals surface area contributed by atoms with E-state index in [4.69, 9.17) is 21.1 Å². The number of benzene rings is 2. The fraction of sp³-hybridized carbons (Fsp3) is 0.188. The zero-order valence-corrected chi connectivity index (χ0v) is 12.0. The first-order valence-corrected chi connectivity index (χ1v) is 6.79. The van der Waals surface area contributed by atoms with E-state index in [1.54, 1.807) is 24.3 Å². The number of halogens is 2. The number of hydrogen-bond donors (Lipinski definition) is 0. The highest BCUT2D eigenvalue weighted by atomic mass is 35.5. The maximum Gasteiger partial charge on any atom is 0.170 e. The number of ketones is 1. The molecule has 0 N–H and O–H groups in total. The molecule has 5 heteroatoms. The topological polar surface area (TPSA) is 35.5 Å². The molecule has 1 atom stereocenters. The summed E-state index contributed by atoms with van der Waals surface area (Å²) in [5, 5.41) is 0.254. The summed E-state index contributed by atoms with van der Waals surface area (Å²) in [7, 11) is 1.54. The van der Waals surface area contributed by atoms with Crippen molar-refractivity contribution in [3.05, 3.63) is 58.4 Å². The van der Waals surface area contributed by atoms with E-state index < -0.39 is 11.9 Å². The number of ether oxygens (including phenoxy) is 2. The molecule has 0 spiro atoms. The van der Waals surface area contributed by atoms with Gasteiger partial charge in [-0.05, 0) is 30.3 Å². The Bertz CT molecular complexity index is 715. The smallest absolute Gasteiger partial charge is 0.170 e. The Morgan fingerprint density at radius 2 is 2.10 bits per heavy atom. The van der Waals surface area contributed by atoms with Gasteiger partial charge in [0.05, 0.1) is 24.1 Å². The van der Waals surface area contributed by atoms with Crippen molar-refractivity contribution >= 4 is 17.4 Å². The van der Waals surface area contributed by atoms with Gasteiger partial charge in [0.1, 0.15) is 23.4 Å². The van der Waals surface area contributed by atoms with Crippen LogP contribution in [0.1, 0.15) is 28.4 Å². The second-order valence-corrected chi connectivity index (χ2v) is 5.17. The van der Waals surface area contributed by atoms with Crippen LogP contribution >= 0.6 is 11.6 Å². The van der Waals surface area contributed by atoms with E-state index in [0.29, 0.717) is 22.6 Å². The lowest BCUT2D eigenvalue weighted by atomic mass is 9.96. The summed E-state index contributed by atoms with van der Waals surface area (Å²) in [6, 6.07) is 9.13. The Morgan fingerprint density at radius 1 is 1.29 bits per heavy atom. The molecule has 1 aliphatic heterocycles. The van der Waals surface area contributed by atoms with Gasteiger partial charge in [-0.3, -0.25) is 4.79 Å². The maximum absolute atomic E-state index is 13.1. The molecule has 0 aromatic heterocycles. The third-order valence-electron chi connectivity index (χ3n) is 3.44. The number of fused-ring (bicyclic) bond motifs is 1. The van der Waals surface area contributed by atoms with Crippen LogP contribution in [0.5, 0.6) is 11.5 Å². The fourth-order valence-electron chi connectivity index (χ4n) is 2.37. The molecule has 0 amide bonds. The normalized spacial score (nSPS) is 17.1. The van der Waals surface area contributed by atoms with E-state index in [-0.39, 0.29) is 17.2 Å². The highest BCUT2D eigenvalue weighted by Crippen LogP contribution is 2.38. The lowest BCUT2D eigenvalue weighted by molar-refractivity contribution is 0.0849. The predicted molar refractivity (Wildman–Crippen MR) is 76.7 cm³/mol. The van der Waals surface area contributed by atoms with Gasteiger partial charge in [-0.25, -0.2) is 4.39 Å². The van der Waals surface area contributed by atoms with Crippen LogP contribution in [0.15, 0.2) is 36.4 Å². The average molecular weight is 307 g/mol. The van der Waals surface area contributed by atoms with Gasteiger partial charge in [0, 0.05) is 5.56 Å². The molecule has 2 aromatic rings. The van der Waals surface area contributed by atoms with Gasteiger partial charge in [-0.2, -0.15) is 0 Å². The Balaban J connectivity index is 1.96. The monoisotopic (exact) mass is 306 g/mol. The van der Waals surface area contributed by atoms with Crippen molar-refractivity contribution in [3.8, 4) is 11.5 Å². The summed E-state index contributed by atoms with van der Waals surface area (Å²) in [6.45, 7) is 0. The van der Waals surface area contributed by atoms with E-state index in [1.165, 1.54) is 19.2 Å². The lowest BCUT2D eigenvalue weighted by Gasteiger charge is -2.26. The largest absolute Gasteiger partial charge is 0.497 e. The van der Waals surface area contributed by atoms with Gasteiger partial charge >= 0.3 is 0 Å². The molecular weight excluding hydrogens is 295 g/mol. The third-order valence-corrected chi connectivity index (χ3v) is 3.76. The van der Waals surface area contributed by atoms with Crippen LogP contribution in [0.3, 0.4) is 0 Å². The summed E-state index contributed by atoms with van der Waals surface area (Å²) in [6.07, 6.45) is -0.350. The van der Waals surface area contributed by atoms with Crippen molar-refractivity contribution in [1.82, 2.24) is 0 Å². The van der Waals surface area contributed by atoms with Crippen LogP contribution in [-0.4, -0.2) is 12.9 Å². The molecule has 108 valence electrons. The van der Waals surface area contributed by atoms with Crippen LogP contribution in [-0.2, 0) is 0 Å². The first kappa shape index (κ1) is 13.9. The molecule has 0 fully saturated rings. The summed E-state index contributed by atoms with van der Waals surface area (Å²) >= 11 is 6.03. The zero-order chi connectivity index (χ0) is 15.0. The Labute approximate surface area is 126 Å². The predicted octanol–water partition coefficient (Wildman–Crippen LogP) is 4.19. The Kier molecular flexibility index (Phi) is 3.55. The van der Waals surface area contributed by atoms with Gasteiger partial charge in [-0.15, -0.1) is 0 Å². The first-order valence-electron chi connectivity index (χ1n) is 6.41. The summed E-state index contributed by atoms with van der Waals surface area (Å²) in [5.41, 5.74) is 1.09. The standard InChI is InChI=1S/C16H12ClFO3/c1-20-10-3-5-15-12(7-10)14(19)8-16(21-15)11-4-2-9(18)6-13(11)17/h2-7,16H,8H2,1H3. The number of hydrogen-bond acceptors (Lipinski definition) is 3. The van der Waals surface area contributed by atoms with Crippen LogP contribution in [0, 0.1) is 5.82 Å². The average Bonchev–Trinajstić information content (AvgIpc) is 2.47. The lowest BCUT2D eigenvalue weighted by Crippen LogP contribution is -2.20. The minimum absolute atomic E-state index is 0.0551. The molecule has 0 bridgehead atoms. The molecule has 1 aliphatic rings. The van der Waals surface area contributed by atoms with E-state index in [9.17, 15) is 9.18 Å². The van der Waals surface area contributed by atoms with E-state index in [0.717, 1.165) is 0 Å². The molecule has 0 saturated heterocycles. The molecule has 1 unspecified atom stereocenters. The Morgan fingerprint density at radius 3 is 2.81 bits per heavy atom. The SMILES string of the molecule is COc1ccc2c(c1)C(=O)CC(c1ccc(F)cc1Cl)O2. The van der Waals surface area contributed by atoms with Crippen LogP contribution in [0.25, 0.3) is 0 Å². The number of rotatable bonds is 2. The molecule has 3 nitrogen and oxygen atoms in total. The minimum Gasteiger partial charge on any atom is -0.497 e. The van der Waals surface area contributed by atoms with Gasteiger partial charge in [0.15, 0.2) is 5.78 Å². The molecule has 0 aliphatic carbocycles. The second-order valence-electron chi connectivity index (χ2n) is 4.76. The van der Waals surface area contributed by atoms with E-state index >= 15 is 0 Å². The van der Waals surface area contributed by atoms with Crippen molar-refractivity contribution in [2.45, 2.75) is 12.5 Å².